The number of aliphatic imine (C=N–C) groups is 1. The monoisotopic (exact) mass is 652 g/mol. The number of aromatic nitrogens is 3. The van der Waals surface area contributed by atoms with Gasteiger partial charge in [0.15, 0.2) is 0 Å². The predicted octanol–water partition coefficient (Wildman–Crippen LogP) is 0.905. The molecule has 198 valence electrons. The Morgan fingerprint density at radius 2 is 1.86 bits per heavy atom. The topological polar surface area (TPSA) is 78.7 Å². The number of piperazine rings is 1. The van der Waals surface area contributed by atoms with E-state index in [4.69, 9.17) is 16.6 Å². The van der Waals surface area contributed by atoms with E-state index in [2.05, 4.69) is 49.0 Å². The number of hydrogen-bond donors (Lipinski definition) is 1. The first kappa shape index (κ1) is 26.7. The summed E-state index contributed by atoms with van der Waals surface area (Å²) in [5, 5.41) is 10.7. The Hall–Kier alpha value is -1.86. The number of fused-ring (bicyclic) bond motifs is 3. The minimum absolute atomic E-state index is 0.0963. The molecule has 8 nitrogen and oxygen atoms in total. The van der Waals surface area contributed by atoms with Gasteiger partial charge in [-0.2, -0.15) is 0 Å². The molecule has 2 aliphatic rings. The second-order valence-corrected chi connectivity index (χ2v) is 13.6. The molecule has 37 heavy (non-hydrogen) atoms. The molecule has 5 rings (SSSR count). The quantitative estimate of drug-likeness (QED) is 0.178. The number of rotatable bonds is 7. The number of alkyl halides is 1. The van der Waals surface area contributed by atoms with Crippen LogP contribution in [0.3, 0.4) is 0 Å². The maximum atomic E-state index is 12.8. The third-order valence-electron chi connectivity index (χ3n) is 6.97. The first-order valence-corrected chi connectivity index (χ1v) is 16.0. The van der Waals surface area contributed by atoms with Crippen molar-refractivity contribution in [3.63, 3.8) is 0 Å². The molecule has 1 N–H and O–H groups in total. The van der Waals surface area contributed by atoms with Crippen molar-refractivity contribution in [2.75, 3.05) is 39.8 Å². The Labute approximate surface area is 237 Å². The average Bonchev–Trinajstić information content (AvgIpc) is 3.35. The molecule has 1 amide bonds. The molecule has 1 saturated heterocycles. The molecule has 4 heterocycles. The van der Waals surface area contributed by atoms with Crippen molar-refractivity contribution in [1.82, 2.24) is 28.1 Å². The average molecular weight is 653 g/mol. The van der Waals surface area contributed by atoms with Crippen LogP contribution in [0, 0.1) is 20.8 Å². The molecule has 2 aliphatic heterocycles. The van der Waals surface area contributed by atoms with E-state index in [1.165, 1.54) is 10.4 Å². The minimum atomic E-state index is -0.849. The molecular weight excluding hydrogens is 621 g/mol. The number of benzene rings is 1. The molecule has 1 fully saturated rings. The van der Waals surface area contributed by atoms with Crippen LogP contribution in [0.5, 0.6) is 0 Å². The third kappa shape index (κ3) is 5.78. The van der Waals surface area contributed by atoms with Gasteiger partial charge in [-0.15, -0.1) is 0 Å². The number of carbonyl (C=O) groups excluding carboxylic acids is 1. The molecule has 0 aliphatic carbocycles. The molecular formula is C26H32ClIN7OS-. The summed E-state index contributed by atoms with van der Waals surface area (Å²) in [6.07, 6.45) is 1.40. The van der Waals surface area contributed by atoms with Crippen LogP contribution in [0.25, 0.3) is 5.00 Å². The number of aryl methyl sites for hydroxylation is 2. The van der Waals surface area contributed by atoms with Crippen LogP contribution in [-0.2, 0) is 4.79 Å². The van der Waals surface area contributed by atoms with E-state index in [-0.39, 0.29) is 9.96 Å². The van der Waals surface area contributed by atoms with Crippen molar-refractivity contribution in [3.05, 3.63) is 62.5 Å². The molecule has 1 aromatic carbocycles. The second-order valence-electron chi connectivity index (χ2n) is 9.60. The zero-order valence-corrected chi connectivity index (χ0v) is 25.3. The van der Waals surface area contributed by atoms with Crippen LogP contribution in [0.1, 0.15) is 50.1 Å². The van der Waals surface area contributed by atoms with E-state index in [1.807, 2.05) is 31.2 Å². The number of carbonyl (C=O) groups is 1. The van der Waals surface area contributed by atoms with Crippen LogP contribution in [0.15, 0.2) is 29.3 Å². The van der Waals surface area contributed by atoms with Crippen molar-refractivity contribution >= 4 is 34.6 Å². The van der Waals surface area contributed by atoms with Crippen molar-refractivity contribution in [2.24, 2.45) is 4.99 Å². The second kappa shape index (κ2) is 11.5. The third-order valence-corrected chi connectivity index (χ3v) is 10.7. The van der Waals surface area contributed by atoms with Gasteiger partial charge in [-0.3, -0.25) is 0 Å². The van der Waals surface area contributed by atoms with Gasteiger partial charge in [0.05, 0.1) is 0 Å². The summed E-state index contributed by atoms with van der Waals surface area (Å²) in [5.74, 6) is 1.73. The molecule has 1 atom stereocenters. The number of amides is 1. The van der Waals surface area contributed by atoms with Gasteiger partial charge >= 0.3 is 239 Å². The van der Waals surface area contributed by atoms with Gasteiger partial charge in [-0.05, 0) is 0 Å². The van der Waals surface area contributed by atoms with Crippen LogP contribution in [-0.4, -0.2) is 76.0 Å². The molecule has 0 spiro atoms. The van der Waals surface area contributed by atoms with Crippen molar-refractivity contribution in [2.45, 2.75) is 37.7 Å². The Balaban J connectivity index is 1.37. The SMILES string of the molecule is Cc1sc2c(c1C)C(c1ccc(Cl)cc1)=N[C@@H]([I-]NC(=O)CCCN1CCN(C)CC1)c1nnc(C)n1-2. The van der Waals surface area contributed by atoms with Gasteiger partial charge in [0, 0.05) is 0 Å². The van der Waals surface area contributed by atoms with Crippen LogP contribution >= 0.6 is 22.9 Å². The van der Waals surface area contributed by atoms with E-state index in [1.54, 1.807) is 11.3 Å². The van der Waals surface area contributed by atoms with Crippen LogP contribution < -0.4 is 25.0 Å². The number of thiophene rings is 1. The first-order valence-electron chi connectivity index (χ1n) is 12.5. The summed E-state index contributed by atoms with van der Waals surface area (Å²) < 4.78 is 5.13. The van der Waals surface area contributed by atoms with Gasteiger partial charge in [0.25, 0.3) is 0 Å². The summed E-state index contributed by atoms with van der Waals surface area (Å²) >= 11 is 7.09. The van der Waals surface area contributed by atoms with Gasteiger partial charge in [0.1, 0.15) is 0 Å². The van der Waals surface area contributed by atoms with Crippen molar-refractivity contribution in [3.8, 4) is 5.00 Å². The number of likely N-dealkylation sites (N-methyl/N-ethyl adjacent to an activating group) is 1. The van der Waals surface area contributed by atoms with Gasteiger partial charge in [0.2, 0.25) is 0 Å². The van der Waals surface area contributed by atoms with Gasteiger partial charge < -0.3 is 0 Å². The fraction of sp³-hybridized carbons (Fsp3) is 0.462. The zero-order chi connectivity index (χ0) is 26.1. The van der Waals surface area contributed by atoms with E-state index >= 15 is 0 Å². The van der Waals surface area contributed by atoms with Gasteiger partial charge in [-0.1, -0.05) is 0 Å². The number of nitrogens with zero attached hydrogens (tertiary/aromatic N) is 6. The first-order chi connectivity index (χ1) is 17.8. The standard InChI is InChI=1S/C26H32ClIN7OS/c1-16-17(2)37-26-22(16)23(19-7-9-20(27)10-8-19)29-24(25-32-31-18(3)35(25)26)28-30-21(36)6-5-11-34-14-12-33(4)13-15-34/h7-10,24H,5-6,11-15H2,1-4H3,(H,30,36)/q-1/t24-/m1/s1. The Morgan fingerprint density at radius 3 is 2.59 bits per heavy atom. The predicted molar refractivity (Wildman–Crippen MR) is 145 cm³/mol. The summed E-state index contributed by atoms with van der Waals surface area (Å²) in [6, 6.07) is 7.83. The fourth-order valence-corrected chi connectivity index (χ4v) is 8.01. The van der Waals surface area contributed by atoms with Crippen molar-refractivity contribution in [1.29, 1.82) is 0 Å². The van der Waals surface area contributed by atoms with E-state index in [9.17, 15) is 4.79 Å². The molecule has 0 radical (unpaired) electrons. The van der Waals surface area contributed by atoms with E-state index in [0.717, 1.165) is 72.6 Å². The summed E-state index contributed by atoms with van der Waals surface area (Å²) in [4.78, 5) is 24.1. The summed E-state index contributed by atoms with van der Waals surface area (Å²) in [6.45, 7) is 11.6. The molecule has 11 heteroatoms. The molecule has 0 unspecified atom stereocenters. The Kier molecular flexibility index (Phi) is 8.30. The fourth-order valence-electron chi connectivity index (χ4n) is 4.66. The number of hydrogen-bond acceptors (Lipinski definition) is 7. The van der Waals surface area contributed by atoms with Gasteiger partial charge in [-0.25, -0.2) is 0 Å². The molecule has 2 aromatic heterocycles. The molecule has 3 aromatic rings. The Bertz CT molecular complexity index is 1310. The number of halogens is 2. The van der Waals surface area contributed by atoms with E-state index < -0.39 is 21.5 Å². The zero-order valence-electron chi connectivity index (χ0n) is 21.6. The normalized spacial score (nSPS) is 18.3. The van der Waals surface area contributed by atoms with E-state index in [0.29, 0.717) is 11.4 Å². The summed E-state index contributed by atoms with van der Waals surface area (Å²) in [7, 11) is 2.16. The van der Waals surface area contributed by atoms with Crippen molar-refractivity contribution < 1.29 is 26.3 Å². The number of nitrogens with one attached hydrogen (secondary N) is 1. The molecule has 0 bridgehead atoms. The maximum absolute atomic E-state index is 12.8. The van der Waals surface area contributed by atoms with Crippen LogP contribution in [0.4, 0.5) is 0 Å². The summed E-state index contributed by atoms with van der Waals surface area (Å²) in [5.41, 5.74) is 4.25. The molecule has 0 saturated carbocycles. The Morgan fingerprint density at radius 1 is 1.14 bits per heavy atom. The van der Waals surface area contributed by atoms with Crippen LogP contribution in [0.2, 0.25) is 5.02 Å².